The lowest BCUT2D eigenvalue weighted by Gasteiger charge is -2.22. The van der Waals surface area contributed by atoms with Crippen molar-refractivity contribution in [2.45, 2.75) is 20.0 Å². The van der Waals surface area contributed by atoms with Crippen LogP contribution in [0.15, 0.2) is 0 Å². The number of rotatable bonds is 6. The van der Waals surface area contributed by atoms with Crippen LogP contribution in [0.4, 0.5) is 0 Å². The van der Waals surface area contributed by atoms with Crippen LogP contribution < -0.4 is 5.73 Å². The Morgan fingerprint density at radius 3 is 2.55 bits per heavy atom. The fourth-order valence-corrected chi connectivity index (χ4v) is 0.999. The van der Waals surface area contributed by atoms with Gasteiger partial charge in [-0.25, -0.2) is 0 Å². The van der Waals surface area contributed by atoms with Crippen molar-refractivity contribution in [3.8, 4) is 0 Å². The number of hydrogen-bond donors (Lipinski definition) is 1. The molecule has 0 saturated carbocycles. The van der Waals surface area contributed by atoms with Crippen molar-refractivity contribution in [1.82, 2.24) is 4.90 Å². The van der Waals surface area contributed by atoms with Crippen LogP contribution in [0.5, 0.6) is 0 Å². The van der Waals surface area contributed by atoms with E-state index in [4.69, 9.17) is 10.5 Å². The number of likely N-dealkylation sites (N-methyl/N-ethyl adjacent to an activating group) is 1. The van der Waals surface area contributed by atoms with Gasteiger partial charge in [-0.2, -0.15) is 0 Å². The molecule has 0 aliphatic heterocycles. The molecule has 0 saturated heterocycles. The summed E-state index contributed by atoms with van der Waals surface area (Å²) < 4.78 is 5.15. The molecule has 0 spiro atoms. The molecule has 0 fully saturated rings. The molecule has 0 bridgehead atoms. The topological polar surface area (TPSA) is 38.5 Å². The van der Waals surface area contributed by atoms with Crippen LogP contribution in [-0.4, -0.2) is 44.3 Å². The summed E-state index contributed by atoms with van der Waals surface area (Å²) >= 11 is 0. The molecule has 0 aliphatic rings. The normalized spacial score (nSPS) is 13.9. The fraction of sp³-hybridized carbons (Fsp3) is 1.00. The van der Waals surface area contributed by atoms with Gasteiger partial charge in [-0.15, -0.1) is 0 Å². The number of ether oxygens (including phenoxy) is 1. The summed E-state index contributed by atoms with van der Waals surface area (Å²) in [7, 11) is 1.74. The maximum atomic E-state index is 5.44. The molecular weight excluding hydrogens is 140 g/mol. The zero-order valence-electron chi connectivity index (χ0n) is 7.84. The van der Waals surface area contributed by atoms with Gasteiger partial charge in [0, 0.05) is 26.7 Å². The molecule has 0 heterocycles. The zero-order valence-corrected chi connectivity index (χ0v) is 7.84. The molecule has 68 valence electrons. The van der Waals surface area contributed by atoms with Crippen molar-refractivity contribution >= 4 is 0 Å². The Kier molecular flexibility index (Phi) is 6.51. The van der Waals surface area contributed by atoms with Gasteiger partial charge in [0.15, 0.2) is 0 Å². The van der Waals surface area contributed by atoms with Gasteiger partial charge in [0.2, 0.25) is 0 Å². The second-order valence-corrected chi connectivity index (χ2v) is 2.73. The molecule has 0 aromatic carbocycles. The Morgan fingerprint density at radius 2 is 2.18 bits per heavy atom. The summed E-state index contributed by atoms with van der Waals surface area (Å²) in [5.41, 5.74) is 5.44. The van der Waals surface area contributed by atoms with Crippen LogP contribution in [-0.2, 0) is 4.74 Å². The SMILES string of the molecule is CCN(CCN)CC(C)OC. The maximum Gasteiger partial charge on any atom is 0.0670 e. The highest BCUT2D eigenvalue weighted by molar-refractivity contribution is 4.60. The molecule has 0 radical (unpaired) electrons. The number of nitrogens with two attached hydrogens (primary N) is 1. The Balaban J connectivity index is 3.49. The molecule has 0 amide bonds. The van der Waals surface area contributed by atoms with E-state index in [1.165, 1.54) is 0 Å². The van der Waals surface area contributed by atoms with Crippen LogP contribution in [0.2, 0.25) is 0 Å². The van der Waals surface area contributed by atoms with Crippen molar-refractivity contribution in [2.75, 3.05) is 33.3 Å². The third-order valence-electron chi connectivity index (χ3n) is 1.81. The van der Waals surface area contributed by atoms with E-state index >= 15 is 0 Å². The molecule has 2 N–H and O–H groups in total. The largest absolute Gasteiger partial charge is 0.380 e. The molecule has 3 nitrogen and oxygen atoms in total. The first-order valence-electron chi connectivity index (χ1n) is 4.19. The lowest BCUT2D eigenvalue weighted by Crippen LogP contribution is -2.35. The lowest BCUT2D eigenvalue weighted by molar-refractivity contribution is 0.0799. The minimum absolute atomic E-state index is 0.307. The second-order valence-electron chi connectivity index (χ2n) is 2.73. The molecule has 1 unspecified atom stereocenters. The third kappa shape index (κ3) is 5.18. The van der Waals surface area contributed by atoms with Crippen molar-refractivity contribution in [1.29, 1.82) is 0 Å². The van der Waals surface area contributed by atoms with E-state index in [0.29, 0.717) is 6.10 Å². The summed E-state index contributed by atoms with van der Waals surface area (Å²) in [6.07, 6.45) is 0.307. The van der Waals surface area contributed by atoms with Crippen molar-refractivity contribution in [3.63, 3.8) is 0 Å². The van der Waals surface area contributed by atoms with Crippen LogP contribution in [0.1, 0.15) is 13.8 Å². The highest BCUT2D eigenvalue weighted by Gasteiger charge is 2.05. The van der Waals surface area contributed by atoms with Crippen LogP contribution in [0.25, 0.3) is 0 Å². The van der Waals surface area contributed by atoms with E-state index < -0.39 is 0 Å². The van der Waals surface area contributed by atoms with Gasteiger partial charge in [0.25, 0.3) is 0 Å². The number of nitrogens with zero attached hydrogens (tertiary/aromatic N) is 1. The van der Waals surface area contributed by atoms with Crippen molar-refractivity contribution in [3.05, 3.63) is 0 Å². The van der Waals surface area contributed by atoms with E-state index in [-0.39, 0.29) is 0 Å². The highest BCUT2D eigenvalue weighted by Crippen LogP contribution is 1.93. The molecule has 11 heavy (non-hydrogen) atoms. The fourth-order valence-electron chi connectivity index (χ4n) is 0.999. The van der Waals surface area contributed by atoms with Gasteiger partial charge < -0.3 is 10.5 Å². The quantitative estimate of drug-likeness (QED) is 0.607. The first-order chi connectivity index (χ1) is 5.24. The number of hydrogen-bond acceptors (Lipinski definition) is 3. The van der Waals surface area contributed by atoms with Crippen molar-refractivity contribution < 1.29 is 4.74 Å². The highest BCUT2D eigenvalue weighted by atomic mass is 16.5. The third-order valence-corrected chi connectivity index (χ3v) is 1.81. The Bertz CT molecular complexity index is 88.2. The van der Waals surface area contributed by atoms with Gasteiger partial charge in [0.05, 0.1) is 6.10 Å². The molecule has 0 aromatic heterocycles. The zero-order chi connectivity index (χ0) is 8.69. The average molecular weight is 160 g/mol. The van der Waals surface area contributed by atoms with Crippen LogP contribution >= 0.6 is 0 Å². The van der Waals surface area contributed by atoms with Gasteiger partial charge >= 0.3 is 0 Å². The monoisotopic (exact) mass is 160 g/mol. The maximum absolute atomic E-state index is 5.44. The minimum Gasteiger partial charge on any atom is -0.380 e. The summed E-state index contributed by atoms with van der Waals surface area (Å²) in [5.74, 6) is 0. The molecule has 1 atom stereocenters. The summed E-state index contributed by atoms with van der Waals surface area (Å²) in [6, 6.07) is 0. The average Bonchev–Trinajstić information content (AvgIpc) is 2.03. The molecule has 0 aromatic rings. The Morgan fingerprint density at radius 1 is 1.55 bits per heavy atom. The van der Waals surface area contributed by atoms with Crippen molar-refractivity contribution in [2.24, 2.45) is 5.73 Å². The smallest absolute Gasteiger partial charge is 0.0670 e. The summed E-state index contributed by atoms with van der Waals surface area (Å²) in [5, 5.41) is 0. The van der Waals surface area contributed by atoms with Gasteiger partial charge in [-0.05, 0) is 13.5 Å². The molecule has 0 rings (SSSR count). The van der Waals surface area contributed by atoms with Crippen LogP contribution in [0.3, 0.4) is 0 Å². The summed E-state index contributed by atoms with van der Waals surface area (Å²) in [4.78, 5) is 2.29. The lowest BCUT2D eigenvalue weighted by atomic mass is 10.3. The summed E-state index contributed by atoms with van der Waals surface area (Å²) in [6.45, 7) is 7.92. The standard InChI is InChI=1S/C8H20N2O/c1-4-10(6-5-9)7-8(2)11-3/h8H,4-7,9H2,1-3H3. The van der Waals surface area contributed by atoms with Crippen LogP contribution in [0, 0.1) is 0 Å². The molecule has 0 aliphatic carbocycles. The Labute approximate surface area is 69.5 Å². The van der Waals surface area contributed by atoms with E-state index in [2.05, 4.69) is 18.7 Å². The van der Waals surface area contributed by atoms with E-state index in [0.717, 1.165) is 26.2 Å². The predicted molar refractivity (Wildman–Crippen MR) is 47.6 cm³/mol. The second kappa shape index (κ2) is 6.58. The molecular formula is C8H20N2O. The van der Waals surface area contributed by atoms with E-state index in [9.17, 15) is 0 Å². The first-order valence-corrected chi connectivity index (χ1v) is 4.19. The number of methoxy groups -OCH3 is 1. The van der Waals surface area contributed by atoms with E-state index in [1.54, 1.807) is 7.11 Å². The Hall–Kier alpha value is -0.120. The van der Waals surface area contributed by atoms with E-state index in [1.807, 2.05) is 0 Å². The first kappa shape index (κ1) is 10.9. The minimum atomic E-state index is 0.307. The van der Waals surface area contributed by atoms with Gasteiger partial charge in [0.1, 0.15) is 0 Å². The van der Waals surface area contributed by atoms with Gasteiger partial charge in [-0.3, -0.25) is 4.90 Å². The molecule has 3 heteroatoms. The van der Waals surface area contributed by atoms with Gasteiger partial charge in [-0.1, -0.05) is 6.92 Å². The predicted octanol–water partition coefficient (Wildman–Crippen LogP) is 0.302.